The zero-order valence-corrected chi connectivity index (χ0v) is 18.8. The number of nitrogens with zero attached hydrogens (tertiary/aromatic N) is 4. The van der Waals surface area contributed by atoms with E-state index in [-0.39, 0.29) is 0 Å². The van der Waals surface area contributed by atoms with Gasteiger partial charge in [0.1, 0.15) is 5.82 Å². The Hall–Kier alpha value is -2.12. The third-order valence-corrected chi connectivity index (χ3v) is 7.06. The van der Waals surface area contributed by atoms with Crippen molar-refractivity contribution < 1.29 is 0 Å². The Kier molecular flexibility index (Phi) is 7.59. The highest BCUT2D eigenvalue weighted by atomic mass is 32.1. The van der Waals surface area contributed by atoms with Gasteiger partial charge in [-0.3, -0.25) is 9.89 Å². The molecule has 4 heterocycles. The van der Waals surface area contributed by atoms with Gasteiger partial charge in [-0.2, -0.15) is 0 Å². The Morgan fingerprint density at radius 2 is 1.90 bits per heavy atom. The Morgan fingerprint density at radius 1 is 1.10 bits per heavy atom. The molecule has 2 fully saturated rings. The number of pyridine rings is 1. The van der Waals surface area contributed by atoms with Gasteiger partial charge in [-0.25, -0.2) is 4.98 Å². The lowest BCUT2D eigenvalue weighted by molar-refractivity contribution is 0.249. The Bertz CT molecular complexity index is 794. The van der Waals surface area contributed by atoms with E-state index in [0.29, 0.717) is 6.04 Å². The van der Waals surface area contributed by atoms with E-state index in [9.17, 15) is 0 Å². The van der Waals surface area contributed by atoms with E-state index in [2.05, 4.69) is 60.1 Å². The van der Waals surface area contributed by atoms with Gasteiger partial charge in [0.15, 0.2) is 5.96 Å². The normalized spacial score (nSPS) is 19.1. The first-order valence-electron chi connectivity index (χ1n) is 11.3. The maximum atomic E-state index is 4.59. The minimum Gasteiger partial charge on any atom is -0.357 e. The Morgan fingerprint density at radius 3 is 2.63 bits per heavy atom. The fraction of sp³-hybridized carbons (Fsp3) is 0.565. The number of rotatable bonds is 7. The van der Waals surface area contributed by atoms with Crippen LogP contribution in [0.3, 0.4) is 0 Å². The van der Waals surface area contributed by atoms with Gasteiger partial charge in [-0.15, -0.1) is 11.3 Å². The van der Waals surface area contributed by atoms with Crippen molar-refractivity contribution in [1.82, 2.24) is 20.5 Å². The molecule has 2 aromatic heterocycles. The summed E-state index contributed by atoms with van der Waals surface area (Å²) in [5.74, 6) is 1.95. The van der Waals surface area contributed by atoms with Crippen molar-refractivity contribution in [3.8, 4) is 0 Å². The first-order chi connectivity index (χ1) is 14.8. The second-order valence-electron chi connectivity index (χ2n) is 8.15. The molecule has 1 atom stereocenters. The molecule has 0 aromatic carbocycles. The molecule has 2 saturated heterocycles. The molecule has 0 radical (unpaired) electrons. The van der Waals surface area contributed by atoms with E-state index in [1.54, 1.807) is 0 Å². The number of hydrogen-bond donors (Lipinski definition) is 2. The average molecular weight is 427 g/mol. The number of anilines is 1. The van der Waals surface area contributed by atoms with Gasteiger partial charge in [0.2, 0.25) is 0 Å². The summed E-state index contributed by atoms with van der Waals surface area (Å²) in [6.07, 6.45) is 8.40. The molecular weight excluding hydrogens is 392 g/mol. The van der Waals surface area contributed by atoms with Crippen LogP contribution in [0.5, 0.6) is 0 Å². The van der Waals surface area contributed by atoms with Crippen LogP contribution in [0.2, 0.25) is 0 Å². The zero-order valence-electron chi connectivity index (χ0n) is 18.0. The third-order valence-electron chi connectivity index (χ3n) is 6.09. The minimum absolute atomic E-state index is 0.415. The summed E-state index contributed by atoms with van der Waals surface area (Å²) >= 11 is 1.85. The lowest BCUT2D eigenvalue weighted by atomic mass is 10.1. The smallest absolute Gasteiger partial charge is 0.191 e. The number of piperidine rings is 1. The Labute approximate surface area is 184 Å². The highest BCUT2D eigenvalue weighted by molar-refractivity contribution is 7.10. The van der Waals surface area contributed by atoms with Crippen LogP contribution in [-0.4, -0.2) is 55.6 Å². The highest BCUT2D eigenvalue weighted by Gasteiger charge is 2.24. The van der Waals surface area contributed by atoms with Crippen molar-refractivity contribution in [3.63, 3.8) is 0 Å². The monoisotopic (exact) mass is 426 g/mol. The molecule has 30 heavy (non-hydrogen) atoms. The van der Waals surface area contributed by atoms with Crippen molar-refractivity contribution >= 4 is 23.1 Å². The van der Waals surface area contributed by atoms with Crippen LogP contribution in [0.25, 0.3) is 0 Å². The van der Waals surface area contributed by atoms with Gasteiger partial charge in [-0.1, -0.05) is 6.07 Å². The average Bonchev–Trinajstić information content (AvgIpc) is 3.52. The molecule has 6 nitrogen and oxygen atoms in total. The summed E-state index contributed by atoms with van der Waals surface area (Å²) in [7, 11) is 1.84. The van der Waals surface area contributed by atoms with Crippen LogP contribution < -0.4 is 15.5 Å². The first kappa shape index (κ1) is 21.1. The summed E-state index contributed by atoms with van der Waals surface area (Å²) in [6.45, 7) is 6.23. The molecule has 0 aliphatic carbocycles. The summed E-state index contributed by atoms with van der Waals surface area (Å²) in [6, 6.07) is 9.12. The van der Waals surface area contributed by atoms with Crippen molar-refractivity contribution in [1.29, 1.82) is 0 Å². The van der Waals surface area contributed by atoms with Crippen LogP contribution in [0.15, 0.2) is 40.8 Å². The molecule has 4 rings (SSSR count). The second kappa shape index (κ2) is 10.8. The summed E-state index contributed by atoms with van der Waals surface area (Å²) in [4.78, 5) is 15.5. The predicted molar refractivity (Wildman–Crippen MR) is 126 cm³/mol. The molecule has 0 spiro atoms. The molecule has 0 saturated carbocycles. The summed E-state index contributed by atoms with van der Waals surface area (Å²) < 4.78 is 0. The van der Waals surface area contributed by atoms with E-state index < -0.39 is 0 Å². The van der Waals surface area contributed by atoms with Crippen LogP contribution in [0, 0.1) is 0 Å². The van der Waals surface area contributed by atoms with Crippen LogP contribution in [-0.2, 0) is 6.54 Å². The molecule has 2 aromatic rings. The van der Waals surface area contributed by atoms with E-state index >= 15 is 0 Å². The van der Waals surface area contributed by atoms with Crippen molar-refractivity contribution in [2.75, 3.05) is 44.7 Å². The molecule has 7 heteroatoms. The van der Waals surface area contributed by atoms with Crippen LogP contribution >= 0.6 is 11.3 Å². The highest BCUT2D eigenvalue weighted by Crippen LogP contribution is 2.27. The molecule has 1 unspecified atom stereocenters. The topological polar surface area (TPSA) is 55.8 Å². The zero-order chi connectivity index (χ0) is 20.6. The van der Waals surface area contributed by atoms with Gasteiger partial charge in [0, 0.05) is 44.3 Å². The van der Waals surface area contributed by atoms with Crippen LogP contribution in [0.4, 0.5) is 5.82 Å². The number of aliphatic imine (C=N–C) groups is 1. The van der Waals surface area contributed by atoms with Gasteiger partial charge in [0.25, 0.3) is 0 Å². The standard InChI is InChI=1S/C23H34N6S/c1-24-23(27-18-20(21-8-7-15-30-21)28-11-5-6-12-28)26-17-19-9-10-25-22(16-19)29-13-3-2-4-14-29/h7-10,15-16,20H,2-6,11-14,17-18H2,1H3,(H2,24,26,27). The van der Waals surface area contributed by atoms with Gasteiger partial charge >= 0.3 is 0 Å². The molecule has 2 aliphatic rings. The quantitative estimate of drug-likeness (QED) is 0.523. The fourth-order valence-electron chi connectivity index (χ4n) is 4.41. The lowest BCUT2D eigenvalue weighted by Crippen LogP contribution is -2.42. The van der Waals surface area contributed by atoms with Crippen molar-refractivity contribution in [2.24, 2.45) is 4.99 Å². The maximum absolute atomic E-state index is 4.59. The number of nitrogens with one attached hydrogen (secondary N) is 2. The van der Waals surface area contributed by atoms with E-state index in [0.717, 1.165) is 38.0 Å². The van der Waals surface area contributed by atoms with Crippen molar-refractivity contribution in [2.45, 2.75) is 44.7 Å². The van der Waals surface area contributed by atoms with E-state index in [1.165, 1.54) is 55.6 Å². The molecule has 2 N–H and O–H groups in total. The van der Waals surface area contributed by atoms with E-state index in [4.69, 9.17) is 0 Å². The SMILES string of the molecule is CN=C(NCc1ccnc(N2CCCCC2)c1)NCC(c1cccs1)N1CCCC1. The predicted octanol–water partition coefficient (Wildman–Crippen LogP) is 3.64. The molecule has 0 amide bonds. The minimum atomic E-state index is 0.415. The number of guanidine groups is 1. The first-order valence-corrected chi connectivity index (χ1v) is 12.1. The third kappa shape index (κ3) is 5.52. The van der Waals surface area contributed by atoms with Gasteiger partial charge in [0.05, 0.1) is 6.04 Å². The van der Waals surface area contributed by atoms with Crippen LogP contribution in [0.1, 0.15) is 48.6 Å². The maximum Gasteiger partial charge on any atom is 0.191 e. The second-order valence-corrected chi connectivity index (χ2v) is 9.13. The summed E-state index contributed by atoms with van der Waals surface area (Å²) in [5, 5.41) is 9.22. The van der Waals surface area contributed by atoms with E-state index in [1.807, 2.05) is 24.6 Å². The van der Waals surface area contributed by atoms with Gasteiger partial charge in [-0.05, 0) is 74.3 Å². The number of thiophene rings is 1. The van der Waals surface area contributed by atoms with Crippen molar-refractivity contribution in [3.05, 3.63) is 46.3 Å². The largest absolute Gasteiger partial charge is 0.357 e. The lowest BCUT2D eigenvalue weighted by Gasteiger charge is -2.28. The number of likely N-dealkylation sites (tertiary alicyclic amines) is 1. The summed E-state index contributed by atoms with van der Waals surface area (Å²) in [5.41, 5.74) is 1.24. The molecule has 2 aliphatic heterocycles. The Balaban J connectivity index is 1.32. The molecule has 0 bridgehead atoms. The number of hydrogen-bond acceptors (Lipinski definition) is 5. The van der Waals surface area contributed by atoms with Gasteiger partial charge < -0.3 is 15.5 Å². The number of aromatic nitrogens is 1. The molecular formula is C23H34N6S. The fourth-order valence-corrected chi connectivity index (χ4v) is 5.27. The molecule has 162 valence electrons.